The van der Waals surface area contributed by atoms with E-state index in [1.54, 1.807) is 6.08 Å². The van der Waals surface area contributed by atoms with Gasteiger partial charge in [0.1, 0.15) is 5.83 Å². The molecule has 3 aliphatic carbocycles. The Labute approximate surface area is 119 Å². The van der Waals surface area contributed by atoms with Crippen molar-refractivity contribution < 1.29 is 13.9 Å². The molecule has 108 valence electrons. The highest BCUT2D eigenvalue weighted by molar-refractivity contribution is 5.74. The van der Waals surface area contributed by atoms with E-state index >= 15 is 0 Å². The Hall–Kier alpha value is -1.38. The predicted octanol–water partition coefficient (Wildman–Crippen LogP) is 3.95. The maximum absolute atomic E-state index is 13.2. The summed E-state index contributed by atoms with van der Waals surface area (Å²) in [7, 11) is 1.46. The van der Waals surface area contributed by atoms with Crippen molar-refractivity contribution in [3.8, 4) is 0 Å². The summed E-state index contributed by atoms with van der Waals surface area (Å²) in [4.78, 5) is 12.2. The first-order chi connectivity index (χ1) is 9.61. The molecule has 0 aromatic carbocycles. The lowest BCUT2D eigenvalue weighted by atomic mass is 9.66. The Morgan fingerprint density at radius 3 is 2.75 bits per heavy atom. The van der Waals surface area contributed by atoms with Crippen LogP contribution in [0.15, 0.2) is 35.7 Å². The monoisotopic (exact) mass is 276 g/mol. The van der Waals surface area contributed by atoms with Gasteiger partial charge >= 0.3 is 5.97 Å². The van der Waals surface area contributed by atoms with E-state index in [1.165, 1.54) is 18.3 Å². The summed E-state index contributed by atoms with van der Waals surface area (Å²) in [6.07, 6.45) is 7.77. The molecule has 2 fully saturated rings. The molecular formula is C17H21FO2. The Morgan fingerprint density at radius 1 is 1.30 bits per heavy atom. The molecular weight excluding hydrogens is 255 g/mol. The summed E-state index contributed by atoms with van der Waals surface area (Å²) in [5.74, 6) is 0.677. The number of hydrogen-bond acceptors (Lipinski definition) is 2. The van der Waals surface area contributed by atoms with E-state index in [1.807, 2.05) is 6.08 Å². The molecule has 4 atom stereocenters. The number of carbonyl (C=O) groups excluding carboxylic acids is 1. The quantitative estimate of drug-likeness (QED) is 0.564. The number of hydrogen-bond donors (Lipinski definition) is 0. The number of esters is 1. The first-order valence-electron chi connectivity index (χ1n) is 7.43. The molecule has 3 aliphatic rings. The summed E-state index contributed by atoms with van der Waals surface area (Å²) in [5, 5.41) is 0. The van der Waals surface area contributed by atoms with E-state index < -0.39 is 0 Å². The highest BCUT2D eigenvalue weighted by Gasteiger charge is 2.49. The number of fused-ring (bicyclic) bond motifs is 2. The maximum atomic E-state index is 13.2. The molecule has 0 aromatic rings. The lowest BCUT2D eigenvalue weighted by molar-refractivity contribution is -0.149. The van der Waals surface area contributed by atoms with Gasteiger partial charge in [-0.3, -0.25) is 4.79 Å². The van der Waals surface area contributed by atoms with E-state index in [0.717, 1.165) is 25.7 Å². The zero-order chi connectivity index (χ0) is 14.3. The second kappa shape index (κ2) is 5.19. The average molecular weight is 276 g/mol. The van der Waals surface area contributed by atoms with Crippen LogP contribution in [0.3, 0.4) is 0 Å². The van der Waals surface area contributed by atoms with Gasteiger partial charge in [-0.25, -0.2) is 4.39 Å². The van der Waals surface area contributed by atoms with E-state index in [4.69, 9.17) is 4.74 Å². The van der Waals surface area contributed by atoms with Crippen molar-refractivity contribution in [3.63, 3.8) is 0 Å². The number of allylic oxidation sites excluding steroid dienone is 5. The minimum absolute atomic E-state index is 0.0634. The number of halogens is 1. The minimum Gasteiger partial charge on any atom is -0.469 e. The largest absolute Gasteiger partial charge is 0.469 e. The van der Waals surface area contributed by atoms with Gasteiger partial charge in [0, 0.05) is 6.42 Å². The second-order valence-corrected chi connectivity index (χ2v) is 6.20. The van der Waals surface area contributed by atoms with Crippen LogP contribution in [0.5, 0.6) is 0 Å². The van der Waals surface area contributed by atoms with Crippen molar-refractivity contribution in [1.29, 1.82) is 0 Å². The fraction of sp³-hybridized carbons (Fsp3) is 0.588. The van der Waals surface area contributed by atoms with Crippen LogP contribution < -0.4 is 0 Å². The molecule has 0 N–H and O–H groups in total. The third-order valence-corrected chi connectivity index (χ3v) is 5.31. The third kappa shape index (κ3) is 2.13. The molecule has 3 rings (SSSR count). The van der Waals surface area contributed by atoms with Crippen LogP contribution >= 0.6 is 0 Å². The molecule has 2 saturated carbocycles. The van der Waals surface area contributed by atoms with Crippen LogP contribution in [0.2, 0.25) is 0 Å². The van der Waals surface area contributed by atoms with Gasteiger partial charge < -0.3 is 4.74 Å². The van der Waals surface area contributed by atoms with Crippen molar-refractivity contribution in [2.24, 2.45) is 23.7 Å². The highest BCUT2D eigenvalue weighted by atomic mass is 19.1. The number of rotatable bonds is 2. The summed E-state index contributed by atoms with van der Waals surface area (Å²) >= 11 is 0. The van der Waals surface area contributed by atoms with Crippen LogP contribution in [-0.4, -0.2) is 13.1 Å². The maximum Gasteiger partial charge on any atom is 0.309 e. The van der Waals surface area contributed by atoms with Gasteiger partial charge in [-0.1, -0.05) is 23.8 Å². The van der Waals surface area contributed by atoms with Gasteiger partial charge in [0.05, 0.1) is 13.0 Å². The topological polar surface area (TPSA) is 26.3 Å². The minimum atomic E-state index is -0.127. The molecule has 20 heavy (non-hydrogen) atoms. The molecule has 0 amide bonds. The van der Waals surface area contributed by atoms with Crippen molar-refractivity contribution >= 4 is 5.97 Å². The Kier molecular flexibility index (Phi) is 3.53. The van der Waals surface area contributed by atoms with Crippen LogP contribution in [0, 0.1) is 23.7 Å². The number of ether oxygens (including phenoxy) is 1. The zero-order valence-electron chi connectivity index (χ0n) is 11.9. The fourth-order valence-electron chi connectivity index (χ4n) is 4.25. The first kappa shape index (κ1) is 13.6. The van der Waals surface area contributed by atoms with Gasteiger partial charge in [0.15, 0.2) is 0 Å². The Bertz CT molecular complexity index is 503. The molecule has 3 heteroatoms. The summed E-state index contributed by atoms with van der Waals surface area (Å²) in [6.45, 7) is 4.20. The van der Waals surface area contributed by atoms with E-state index in [9.17, 15) is 9.18 Å². The molecule has 4 unspecified atom stereocenters. The fourth-order valence-corrected chi connectivity index (χ4v) is 4.25. The van der Waals surface area contributed by atoms with Crippen LogP contribution in [0.4, 0.5) is 4.39 Å². The Morgan fingerprint density at radius 2 is 2.10 bits per heavy atom. The summed E-state index contributed by atoms with van der Waals surface area (Å²) in [5.41, 5.74) is 2.45. The third-order valence-electron chi connectivity index (χ3n) is 5.31. The van der Waals surface area contributed by atoms with Crippen LogP contribution in [0.1, 0.15) is 32.1 Å². The standard InChI is InChI=1S/C17H21FO2/c1-10-12-5-8-14(10)16(17(19)20-2)15(9-12)11-3-6-13(18)7-4-11/h3,6,12,14-16H,1,4-5,7-9H2,2H3. The molecule has 0 aliphatic heterocycles. The highest BCUT2D eigenvalue weighted by Crippen LogP contribution is 2.54. The van der Waals surface area contributed by atoms with Gasteiger partial charge in [0.25, 0.3) is 0 Å². The molecule has 0 aromatic heterocycles. The van der Waals surface area contributed by atoms with E-state index in [-0.39, 0.29) is 29.5 Å². The molecule has 2 bridgehead atoms. The molecule has 0 radical (unpaired) electrons. The van der Waals surface area contributed by atoms with Crippen molar-refractivity contribution in [2.45, 2.75) is 32.1 Å². The first-order valence-corrected chi connectivity index (χ1v) is 7.43. The average Bonchev–Trinajstić information content (AvgIpc) is 2.70. The van der Waals surface area contributed by atoms with E-state index in [0.29, 0.717) is 12.3 Å². The summed E-state index contributed by atoms with van der Waals surface area (Å²) < 4.78 is 18.2. The second-order valence-electron chi connectivity index (χ2n) is 6.20. The predicted molar refractivity (Wildman–Crippen MR) is 75.5 cm³/mol. The molecule has 0 saturated heterocycles. The van der Waals surface area contributed by atoms with Crippen LogP contribution in [-0.2, 0) is 9.53 Å². The lowest BCUT2D eigenvalue weighted by Crippen LogP contribution is -2.37. The number of methoxy groups -OCH3 is 1. The normalized spacial score (nSPS) is 36.4. The lowest BCUT2D eigenvalue weighted by Gasteiger charge is -2.38. The smallest absolute Gasteiger partial charge is 0.309 e. The van der Waals surface area contributed by atoms with Crippen LogP contribution in [0.25, 0.3) is 0 Å². The van der Waals surface area contributed by atoms with Gasteiger partial charge in [-0.2, -0.15) is 0 Å². The molecule has 0 spiro atoms. The SMILES string of the molecule is C=C1C2CCC1C(C(=O)OC)C(C1=CC=C(F)CC1)C2. The molecule has 2 nitrogen and oxygen atoms in total. The van der Waals surface area contributed by atoms with Gasteiger partial charge in [0.2, 0.25) is 0 Å². The Balaban J connectivity index is 1.92. The van der Waals surface area contributed by atoms with E-state index in [2.05, 4.69) is 6.58 Å². The van der Waals surface area contributed by atoms with Crippen molar-refractivity contribution in [1.82, 2.24) is 0 Å². The zero-order valence-corrected chi connectivity index (χ0v) is 11.9. The summed E-state index contributed by atoms with van der Waals surface area (Å²) in [6, 6.07) is 0. The van der Waals surface area contributed by atoms with Crippen molar-refractivity contribution in [3.05, 3.63) is 35.7 Å². The van der Waals surface area contributed by atoms with Crippen molar-refractivity contribution in [2.75, 3.05) is 7.11 Å². The van der Waals surface area contributed by atoms with Gasteiger partial charge in [-0.05, 0) is 49.5 Å². The molecule has 0 heterocycles. The van der Waals surface area contributed by atoms with Gasteiger partial charge in [-0.15, -0.1) is 0 Å². The number of carbonyl (C=O) groups is 1.